The smallest absolute Gasteiger partial charge is 0.112 e. The molecule has 2 heterocycles. The monoisotopic (exact) mass is 415 g/mol. The van der Waals surface area contributed by atoms with E-state index in [1.807, 2.05) is 54.6 Å². The zero-order valence-corrected chi connectivity index (χ0v) is 17.1. The number of aromatic nitrogens is 1. The van der Waals surface area contributed by atoms with Crippen molar-refractivity contribution in [3.8, 4) is 11.8 Å². The molecule has 2 aliphatic rings. The molecule has 3 aromatic rings. The number of nitriles is 1. The van der Waals surface area contributed by atoms with Gasteiger partial charge in [0.15, 0.2) is 0 Å². The molecule has 0 N–H and O–H groups in total. The number of alkyl halides is 2. The Bertz CT molecular complexity index is 1210. The molecule has 0 bridgehead atoms. The van der Waals surface area contributed by atoms with Gasteiger partial charge in [0.05, 0.1) is 28.5 Å². The van der Waals surface area contributed by atoms with Crippen molar-refractivity contribution < 1.29 is 8.78 Å². The van der Waals surface area contributed by atoms with Crippen LogP contribution in [0.2, 0.25) is 0 Å². The summed E-state index contributed by atoms with van der Waals surface area (Å²) in [4.78, 5) is 1.73. The minimum Gasteiger partial charge on any atom is -0.358 e. The molecule has 1 aromatic heterocycles. The zero-order valence-electron chi connectivity index (χ0n) is 17.1. The van der Waals surface area contributed by atoms with E-state index in [1.54, 1.807) is 4.90 Å². The molecule has 1 fully saturated rings. The molecule has 156 valence electrons. The third-order valence-electron chi connectivity index (χ3n) is 6.21. The van der Waals surface area contributed by atoms with E-state index in [1.165, 1.54) is 18.4 Å². The van der Waals surface area contributed by atoms with Gasteiger partial charge in [-0.05, 0) is 48.6 Å². The largest absolute Gasteiger partial charge is 0.358 e. The van der Waals surface area contributed by atoms with Crippen molar-refractivity contribution in [3.05, 3.63) is 83.6 Å². The van der Waals surface area contributed by atoms with Crippen LogP contribution in [-0.2, 0) is 0 Å². The Balaban J connectivity index is 1.82. The summed E-state index contributed by atoms with van der Waals surface area (Å²) in [6.45, 7) is -1.18. The number of hydrogen-bond acceptors (Lipinski definition) is 2. The summed E-state index contributed by atoms with van der Waals surface area (Å²) in [6, 6.07) is 17.7. The minimum absolute atomic E-state index is 0.402. The highest BCUT2D eigenvalue weighted by Crippen LogP contribution is 2.43. The Hall–Kier alpha value is -3.39. The van der Waals surface area contributed by atoms with Crippen LogP contribution in [0.3, 0.4) is 0 Å². The number of fused-ring (bicyclic) bond motifs is 1. The molecule has 1 aliphatic heterocycles. The van der Waals surface area contributed by atoms with Gasteiger partial charge in [0.25, 0.3) is 0 Å². The van der Waals surface area contributed by atoms with Crippen LogP contribution in [-0.4, -0.2) is 35.4 Å². The van der Waals surface area contributed by atoms with E-state index in [2.05, 4.69) is 22.8 Å². The Kier molecular flexibility index (Phi) is 5.07. The minimum atomic E-state index is -0.882. The SMILES string of the molecule is N#Cc1c(C2=CC=CCN2C(CF)CF)n(-c2ccccc2)c2cc(C3CC3)ccc12. The molecule has 2 aromatic carbocycles. The number of para-hydroxylation sites is 1. The van der Waals surface area contributed by atoms with Crippen LogP contribution < -0.4 is 0 Å². The summed E-state index contributed by atoms with van der Waals surface area (Å²) in [7, 11) is 0. The van der Waals surface area contributed by atoms with Gasteiger partial charge in [-0.3, -0.25) is 0 Å². The second kappa shape index (κ2) is 8.03. The third kappa shape index (κ3) is 3.33. The van der Waals surface area contributed by atoms with E-state index in [0.717, 1.165) is 16.6 Å². The predicted molar refractivity (Wildman–Crippen MR) is 120 cm³/mol. The van der Waals surface area contributed by atoms with Crippen molar-refractivity contribution in [2.45, 2.75) is 24.8 Å². The fourth-order valence-electron chi connectivity index (χ4n) is 4.47. The standard InChI is InChI=1S/C26H23F2N3/c27-15-21(16-28)30-13-5-4-8-24(30)26-23(17-29)22-12-11-19(18-9-10-18)14-25(22)31(26)20-6-2-1-3-7-20/h1-8,11-12,14,18,21H,9-10,13,15-16H2. The van der Waals surface area contributed by atoms with Gasteiger partial charge in [-0.25, -0.2) is 8.78 Å². The number of hydrogen-bond donors (Lipinski definition) is 0. The van der Waals surface area contributed by atoms with Crippen molar-refractivity contribution >= 4 is 16.6 Å². The average molecular weight is 415 g/mol. The number of allylic oxidation sites excluding steroid dienone is 2. The van der Waals surface area contributed by atoms with Gasteiger partial charge in [-0.15, -0.1) is 0 Å². The Morgan fingerprint density at radius 1 is 1.06 bits per heavy atom. The molecule has 31 heavy (non-hydrogen) atoms. The molecule has 0 atom stereocenters. The van der Waals surface area contributed by atoms with E-state index >= 15 is 0 Å². The number of nitrogens with zero attached hydrogens (tertiary/aromatic N) is 3. The van der Waals surface area contributed by atoms with E-state index in [-0.39, 0.29) is 0 Å². The van der Waals surface area contributed by atoms with Crippen LogP contribution in [0.1, 0.15) is 35.6 Å². The summed E-state index contributed by atoms with van der Waals surface area (Å²) in [5.41, 5.74) is 5.04. The highest BCUT2D eigenvalue weighted by atomic mass is 19.1. The molecule has 0 saturated heterocycles. The quantitative estimate of drug-likeness (QED) is 0.502. The first kappa shape index (κ1) is 19.6. The van der Waals surface area contributed by atoms with E-state index in [4.69, 9.17) is 0 Å². The maximum atomic E-state index is 13.7. The first-order valence-corrected chi connectivity index (χ1v) is 10.7. The van der Waals surface area contributed by atoms with Crippen molar-refractivity contribution in [1.29, 1.82) is 5.26 Å². The molecule has 0 spiro atoms. The van der Waals surface area contributed by atoms with Crippen molar-refractivity contribution in [3.63, 3.8) is 0 Å². The van der Waals surface area contributed by atoms with Crippen LogP contribution in [0.25, 0.3) is 22.3 Å². The highest BCUT2D eigenvalue weighted by molar-refractivity contribution is 5.95. The highest BCUT2D eigenvalue weighted by Gasteiger charge is 2.30. The zero-order chi connectivity index (χ0) is 21.4. The molecule has 5 rings (SSSR count). The lowest BCUT2D eigenvalue weighted by Crippen LogP contribution is -2.39. The van der Waals surface area contributed by atoms with Gasteiger partial charge in [0, 0.05) is 17.6 Å². The van der Waals surface area contributed by atoms with Gasteiger partial charge in [-0.2, -0.15) is 5.26 Å². The third-order valence-corrected chi connectivity index (χ3v) is 6.21. The van der Waals surface area contributed by atoms with Crippen molar-refractivity contribution in [2.24, 2.45) is 0 Å². The fraction of sp³-hybridized carbons (Fsp3) is 0.269. The number of benzene rings is 2. The first-order chi connectivity index (χ1) is 15.3. The van der Waals surface area contributed by atoms with Gasteiger partial charge < -0.3 is 9.47 Å². The topological polar surface area (TPSA) is 32.0 Å². The average Bonchev–Trinajstić information content (AvgIpc) is 3.62. The Morgan fingerprint density at radius 3 is 2.52 bits per heavy atom. The lowest BCUT2D eigenvalue weighted by molar-refractivity contribution is 0.212. The first-order valence-electron chi connectivity index (χ1n) is 10.7. The van der Waals surface area contributed by atoms with Crippen LogP contribution >= 0.6 is 0 Å². The van der Waals surface area contributed by atoms with Crippen LogP contribution in [0, 0.1) is 11.3 Å². The van der Waals surface area contributed by atoms with Crippen molar-refractivity contribution in [2.75, 3.05) is 19.9 Å². The summed E-state index contributed by atoms with van der Waals surface area (Å²) < 4.78 is 29.4. The lowest BCUT2D eigenvalue weighted by Gasteiger charge is -2.34. The van der Waals surface area contributed by atoms with E-state index < -0.39 is 19.4 Å². The Morgan fingerprint density at radius 2 is 1.84 bits per heavy atom. The summed E-state index contributed by atoms with van der Waals surface area (Å²) >= 11 is 0. The maximum Gasteiger partial charge on any atom is 0.112 e. The summed E-state index contributed by atoms with van der Waals surface area (Å²) in [5, 5.41) is 11.0. The second-order valence-corrected chi connectivity index (χ2v) is 8.15. The molecule has 5 heteroatoms. The molecular weight excluding hydrogens is 392 g/mol. The normalized spacial score (nSPS) is 16.1. The fourth-order valence-corrected chi connectivity index (χ4v) is 4.47. The Labute approximate surface area is 180 Å². The van der Waals surface area contributed by atoms with E-state index in [0.29, 0.717) is 29.4 Å². The van der Waals surface area contributed by atoms with Gasteiger partial charge in [0.1, 0.15) is 19.4 Å². The second-order valence-electron chi connectivity index (χ2n) is 8.15. The van der Waals surface area contributed by atoms with Crippen LogP contribution in [0.15, 0.2) is 66.8 Å². The molecular formula is C26H23F2N3. The molecule has 0 amide bonds. The molecule has 1 aliphatic carbocycles. The summed E-state index contributed by atoms with van der Waals surface area (Å²) in [5.74, 6) is 0.577. The number of halogens is 2. The van der Waals surface area contributed by atoms with Crippen molar-refractivity contribution in [1.82, 2.24) is 9.47 Å². The van der Waals surface area contributed by atoms with E-state index in [9.17, 15) is 14.0 Å². The predicted octanol–water partition coefficient (Wildman–Crippen LogP) is 5.90. The van der Waals surface area contributed by atoms with Crippen LogP contribution in [0.4, 0.5) is 8.78 Å². The van der Waals surface area contributed by atoms with Crippen LogP contribution in [0.5, 0.6) is 0 Å². The number of rotatable bonds is 6. The molecule has 0 unspecified atom stereocenters. The summed E-state index contributed by atoms with van der Waals surface area (Å²) in [6.07, 6.45) is 8.01. The van der Waals surface area contributed by atoms with Gasteiger partial charge in [-0.1, -0.05) is 42.5 Å². The van der Waals surface area contributed by atoms with Gasteiger partial charge in [0.2, 0.25) is 0 Å². The maximum absolute atomic E-state index is 13.7. The van der Waals surface area contributed by atoms with Gasteiger partial charge >= 0.3 is 0 Å². The lowest BCUT2D eigenvalue weighted by atomic mass is 10.0. The molecule has 3 nitrogen and oxygen atoms in total. The molecule has 0 radical (unpaired) electrons. The molecule has 1 saturated carbocycles.